The Hall–Kier alpha value is -1.30. The molecule has 2 rings (SSSR count). The van der Waals surface area contributed by atoms with Gasteiger partial charge in [0.2, 0.25) is 0 Å². The summed E-state index contributed by atoms with van der Waals surface area (Å²) in [6, 6.07) is 10.3. The summed E-state index contributed by atoms with van der Waals surface area (Å²) in [5, 5.41) is 0. The second-order valence-corrected chi connectivity index (χ2v) is 4.05. The van der Waals surface area contributed by atoms with Gasteiger partial charge in [-0.25, -0.2) is 5.90 Å². The maximum absolute atomic E-state index is 11.6. The lowest BCUT2D eigenvalue weighted by atomic mass is 10.2. The third-order valence-electron chi connectivity index (χ3n) is 2.98. The Labute approximate surface area is 113 Å². The SMILES string of the molecule is [Cl-].[NH3+]OCC(=O)N1CCN(c2ccccc2)CC1. The minimum absolute atomic E-state index is 0. The van der Waals surface area contributed by atoms with Gasteiger partial charge in [0.25, 0.3) is 5.91 Å². The molecule has 1 saturated heterocycles. The van der Waals surface area contributed by atoms with Gasteiger partial charge >= 0.3 is 0 Å². The molecule has 100 valence electrons. The van der Waals surface area contributed by atoms with E-state index in [-0.39, 0.29) is 24.9 Å². The zero-order valence-electron chi connectivity index (χ0n) is 10.2. The summed E-state index contributed by atoms with van der Waals surface area (Å²) in [6.07, 6.45) is 0. The molecule has 1 aliphatic heterocycles. The Morgan fingerprint density at radius 1 is 1.17 bits per heavy atom. The molecule has 1 aromatic rings. The molecule has 0 unspecified atom stereocenters. The van der Waals surface area contributed by atoms with E-state index in [1.165, 1.54) is 5.69 Å². The summed E-state index contributed by atoms with van der Waals surface area (Å²) in [7, 11) is 0. The number of halogens is 1. The van der Waals surface area contributed by atoms with Crippen molar-refractivity contribution in [1.29, 1.82) is 0 Å². The predicted octanol–water partition coefficient (Wildman–Crippen LogP) is -3.49. The molecule has 0 aliphatic carbocycles. The Morgan fingerprint density at radius 3 is 2.33 bits per heavy atom. The van der Waals surface area contributed by atoms with Crippen LogP contribution in [0.1, 0.15) is 0 Å². The van der Waals surface area contributed by atoms with E-state index >= 15 is 0 Å². The molecule has 6 heteroatoms. The maximum atomic E-state index is 11.6. The van der Waals surface area contributed by atoms with Crippen LogP contribution in [0.15, 0.2) is 30.3 Å². The number of benzene rings is 1. The van der Waals surface area contributed by atoms with E-state index in [1.807, 2.05) is 23.1 Å². The van der Waals surface area contributed by atoms with E-state index in [1.54, 1.807) is 0 Å². The van der Waals surface area contributed by atoms with Crippen molar-refractivity contribution in [3.63, 3.8) is 0 Å². The quantitative estimate of drug-likeness (QED) is 0.581. The second-order valence-electron chi connectivity index (χ2n) is 4.05. The van der Waals surface area contributed by atoms with Crippen LogP contribution in [0.4, 0.5) is 5.69 Å². The number of nitrogens with zero attached hydrogens (tertiary/aromatic N) is 2. The number of anilines is 1. The normalized spacial score (nSPS) is 15.2. The Balaban J connectivity index is 0.00000162. The molecule has 1 aliphatic rings. The van der Waals surface area contributed by atoms with E-state index in [0.717, 1.165) is 26.2 Å². The van der Waals surface area contributed by atoms with Crippen LogP contribution in [0, 0.1) is 0 Å². The van der Waals surface area contributed by atoms with Crippen LogP contribution in [-0.4, -0.2) is 43.6 Å². The monoisotopic (exact) mass is 271 g/mol. The van der Waals surface area contributed by atoms with E-state index in [2.05, 4.69) is 27.8 Å². The molecule has 0 spiro atoms. The molecule has 18 heavy (non-hydrogen) atoms. The van der Waals surface area contributed by atoms with E-state index in [9.17, 15) is 4.79 Å². The fourth-order valence-electron chi connectivity index (χ4n) is 2.03. The number of rotatable bonds is 3. The number of hydrogen-bond acceptors (Lipinski definition) is 3. The molecule has 0 saturated carbocycles. The van der Waals surface area contributed by atoms with Crippen molar-refractivity contribution in [2.75, 3.05) is 37.7 Å². The largest absolute Gasteiger partial charge is 1.00 e. The lowest BCUT2D eigenvalue weighted by Crippen LogP contribution is -3.00. The van der Waals surface area contributed by atoms with E-state index < -0.39 is 0 Å². The van der Waals surface area contributed by atoms with E-state index in [0.29, 0.717) is 0 Å². The zero-order chi connectivity index (χ0) is 12.1. The standard InChI is InChI=1S/C12H18N3O2.ClH/c13-17-10-12(16)15-8-6-14(7-9-15)11-4-2-1-3-5-11;/h1-5H,6-10H2,13H3;1H/q+1;/p-1. The van der Waals surface area contributed by atoms with Crippen molar-refractivity contribution in [2.24, 2.45) is 0 Å². The van der Waals surface area contributed by atoms with Crippen molar-refractivity contribution in [1.82, 2.24) is 4.90 Å². The van der Waals surface area contributed by atoms with Gasteiger partial charge in [-0.3, -0.25) is 4.79 Å². The first kappa shape index (κ1) is 14.8. The molecule has 0 bridgehead atoms. The summed E-state index contributed by atoms with van der Waals surface area (Å²) in [4.78, 5) is 20.3. The molecule has 0 radical (unpaired) electrons. The molecule has 1 fully saturated rings. The fraction of sp³-hybridized carbons (Fsp3) is 0.417. The zero-order valence-corrected chi connectivity index (χ0v) is 11.0. The summed E-state index contributed by atoms with van der Waals surface area (Å²) in [5.74, 6) is 3.25. The van der Waals surface area contributed by atoms with Crippen LogP contribution >= 0.6 is 0 Å². The molecule has 0 atom stereocenters. The lowest BCUT2D eigenvalue weighted by molar-refractivity contribution is -0.685. The summed E-state index contributed by atoms with van der Waals surface area (Å²) in [5.41, 5.74) is 1.22. The van der Waals surface area contributed by atoms with Crippen LogP contribution in [-0.2, 0) is 9.63 Å². The van der Waals surface area contributed by atoms with Gasteiger partial charge in [0, 0.05) is 31.9 Å². The van der Waals surface area contributed by atoms with Crippen LogP contribution < -0.4 is 23.2 Å². The highest BCUT2D eigenvalue weighted by Gasteiger charge is 2.21. The number of para-hydroxylation sites is 1. The first-order valence-electron chi connectivity index (χ1n) is 5.76. The first-order chi connectivity index (χ1) is 8.31. The van der Waals surface area contributed by atoms with Crippen LogP contribution in [0.5, 0.6) is 0 Å². The topological polar surface area (TPSA) is 60.4 Å². The number of hydrogen-bond donors (Lipinski definition) is 1. The van der Waals surface area contributed by atoms with Gasteiger partial charge in [-0.1, -0.05) is 18.2 Å². The summed E-state index contributed by atoms with van der Waals surface area (Å²) in [6.45, 7) is 3.30. The Kier molecular flexibility index (Phi) is 5.91. The smallest absolute Gasteiger partial charge is 0.255 e. The number of amides is 1. The second kappa shape index (κ2) is 7.20. The van der Waals surface area contributed by atoms with Gasteiger partial charge in [-0.05, 0) is 12.1 Å². The lowest BCUT2D eigenvalue weighted by Gasteiger charge is -2.35. The number of piperazine rings is 1. The minimum Gasteiger partial charge on any atom is -1.00 e. The fourth-order valence-corrected chi connectivity index (χ4v) is 2.03. The number of carbonyl (C=O) groups excluding carboxylic acids is 1. The van der Waals surface area contributed by atoms with Crippen molar-refractivity contribution in [2.45, 2.75) is 0 Å². The molecule has 1 heterocycles. The number of quaternary nitrogens is 1. The highest BCUT2D eigenvalue weighted by Crippen LogP contribution is 2.15. The van der Waals surface area contributed by atoms with E-state index in [4.69, 9.17) is 0 Å². The predicted molar refractivity (Wildman–Crippen MR) is 64.1 cm³/mol. The highest BCUT2D eigenvalue weighted by atomic mass is 35.5. The van der Waals surface area contributed by atoms with Crippen LogP contribution in [0.25, 0.3) is 0 Å². The molecular weight excluding hydrogens is 254 g/mol. The van der Waals surface area contributed by atoms with Gasteiger partial charge < -0.3 is 22.2 Å². The van der Waals surface area contributed by atoms with Crippen molar-refractivity contribution in [3.05, 3.63) is 30.3 Å². The van der Waals surface area contributed by atoms with Crippen molar-refractivity contribution >= 4 is 11.6 Å². The molecule has 5 nitrogen and oxygen atoms in total. The molecule has 3 N–H and O–H groups in total. The van der Waals surface area contributed by atoms with Gasteiger partial charge in [-0.15, -0.1) is 0 Å². The van der Waals surface area contributed by atoms with Crippen molar-refractivity contribution < 1.29 is 27.9 Å². The average molecular weight is 272 g/mol. The van der Waals surface area contributed by atoms with Gasteiger partial charge in [0.05, 0.1) is 0 Å². The molecule has 1 aromatic carbocycles. The highest BCUT2D eigenvalue weighted by molar-refractivity contribution is 5.77. The number of carbonyl (C=O) groups is 1. The maximum Gasteiger partial charge on any atom is 0.255 e. The van der Waals surface area contributed by atoms with Crippen molar-refractivity contribution in [3.8, 4) is 0 Å². The third kappa shape index (κ3) is 3.60. The Bertz CT molecular complexity index is 367. The molecular formula is C12H18ClN3O2. The summed E-state index contributed by atoms with van der Waals surface area (Å²) >= 11 is 0. The average Bonchev–Trinajstić information content (AvgIpc) is 2.40. The van der Waals surface area contributed by atoms with Gasteiger partial charge in [0.1, 0.15) is 0 Å². The summed E-state index contributed by atoms with van der Waals surface area (Å²) < 4.78 is 0. The minimum atomic E-state index is 0. The van der Waals surface area contributed by atoms with Gasteiger partial charge in [0.15, 0.2) is 6.61 Å². The molecule has 1 amide bonds. The third-order valence-corrected chi connectivity index (χ3v) is 2.98. The first-order valence-corrected chi connectivity index (χ1v) is 5.76. The van der Waals surface area contributed by atoms with Gasteiger partial charge in [-0.2, -0.15) is 4.84 Å². The van der Waals surface area contributed by atoms with Crippen LogP contribution in [0.3, 0.4) is 0 Å². The van der Waals surface area contributed by atoms with Crippen LogP contribution in [0.2, 0.25) is 0 Å². The Morgan fingerprint density at radius 2 is 1.78 bits per heavy atom. The molecule has 0 aromatic heterocycles.